The van der Waals surface area contributed by atoms with Gasteiger partial charge in [-0.1, -0.05) is 6.92 Å². The Morgan fingerprint density at radius 1 is 1.65 bits per heavy atom. The Morgan fingerprint density at radius 2 is 2.47 bits per heavy atom. The lowest BCUT2D eigenvalue weighted by atomic mass is 10.0. The molecule has 1 aliphatic heterocycles. The minimum atomic E-state index is 0.435. The first-order chi connectivity index (χ1) is 8.20. The van der Waals surface area contributed by atoms with Crippen molar-refractivity contribution in [1.82, 2.24) is 15.2 Å². The highest BCUT2D eigenvalue weighted by Crippen LogP contribution is 2.23. The van der Waals surface area contributed by atoms with Crippen LogP contribution in [0.5, 0.6) is 0 Å². The molecule has 0 aromatic carbocycles. The standard InChI is InChI=1S/C13H23N3S/c1-4-16-7-5-6-12(8-16)15-11(3)13-10(2)14-9-17-13/h9,11-12,15H,4-8H2,1-3H3. The largest absolute Gasteiger partial charge is 0.305 e. The van der Waals surface area contributed by atoms with Gasteiger partial charge in [0, 0.05) is 23.5 Å². The summed E-state index contributed by atoms with van der Waals surface area (Å²) in [5.41, 5.74) is 3.13. The first kappa shape index (κ1) is 13.0. The van der Waals surface area contributed by atoms with E-state index in [-0.39, 0.29) is 0 Å². The predicted molar refractivity (Wildman–Crippen MR) is 73.5 cm³/mol. The van der Waals surface area contributed by atoms with Gasteiger partial charge in [-0.15, -0.1) is 11.3 Å². The highest BCUT2D eigenvalue weighted by Gasteiger charge is 2.21. The van der Waals surface area contributed by atoms with E-state index in [0.717, 1.165) is 0 Å². The summed E-state index contributed by atoms with van der Waals surface area (Å²) < 4.78 is 0. The van der Waals surface area contributed by atoms with E-state index in [4.69, 9.17) is 0 Å². The number of hydrogen-bond acceptors (Lipinski definition) is 4. The van der Waals surface area contributed by atoms with Crippen molar-refractivity contribution in [3.05, 3.63) is 16.1 Å². The summed E-state index contributed by atoms with van der Waals surface area (Å²) >= 11 is 1.77. The van der Waals surface area contributed by atoms with E-state index in [0.29, 0.717) is 12.1 Å². The summed E-state index contributed by atoms with van der Waals surface area (Å²) in [5, 5.41) is 3.76. The van der Waals surface area contributed by atoms with Gasteiger partial charge in [-0.3, -0.25) is 0 Å². The molecule has 96 valence electrons. The Kier molecular flexibility index (Phi) is 4.54. The van der Waals surface area contributed by atoms with Crippen LogP contribution in [0.4, 0.5) is 0 Å². The van der Waals surface area contributed by atoms with E-state index < -0.39 is 0 Å². The quantitative estimate of drug-likeness (QED) is 0.894. The molecule has 2 atom stereocenters. The fraction of sp³-hybridized carbons (Fsp3) is 0.769. The van der Waals surface area contributed by atoms with Crippen LogP contribution in [0.2, 0.25) is 0 Å². The number of likely N-dealkylation sites (N-methyl/N-ethyl adjacent to an activating group) is 1. The van der Waals surface area contributed by atoms with Crippen molar-refractivity contribution in [2.45, 2.75) is 45.7 Å². The number of aryl methyl sites for hydroxylation is 1. The predicted octanol–water partition coefficient (Wildman–Crippen LogP) is 2.59. The second kappa shape index (κ2) is 5.94. The molecule has 0 radical (unpaired) electrons. The van der Waals surface area contributed by atoms with Crippen molar-refractivity contribution in [2.75, 3.05) is 19.6 Å². The molecule has 0 spiro atoms. The number of hydrogen-bond donors (Lipinski definition) is 1. The zero-order valence-corrected chi connectivity index (χ0v) is 11.9. The second-order valence-electron chi connectivity index (χ2n) is 4.92. The molecule has 2 heterocycles. The van der Waals surface area contributed by atoms with Gasteiger partial charge >= 0.3 is 0 Å². The van der Waals surface area contributed by atoms with E-state index in [1.165, 1.54) is 43.0 Å². The first-order valence-electron chi connectivity index (χ1n) is 6.59. The van der Waals surface area contributed by atoms with Crippen molar-refractivity contribution in [2.24, 2.45) is 0 Å². The molecule has 0 aliphatic carbocycles. The Bertz CT molecular complexity index is 350. The third kappa shape index (κ3) is 3.27. The summed E-state index contributed by atoms with van der Waals surface area (Å²) in [7, 11) is 0. The molecule has 2 rings (SSSR count). The number of aromatic nitrogens is 1. The summed E-state index contributed by atoms with van der Waals surface area (Å²) in [6.45, 7) is 10.2. The minimum absolute atomic E-state index is 0.435. The fourth-order valence-corrected chi connectivity index (χ4v) is 3.45. The number of piperidine rings is 1. The summed E-state index contributed by atoms with van der Waals surface area (Å²) in [5.74, 6) is 0. The Labute approximate surface area is 108 Å². The number of thiazole rings is 1. The van der Waals surface area contributed by atoms with Gasteiger partial charge in [-0.05, 0) is 39.8 Å². The van der Waals surface area contributed by atoms with Crippen LogP contribution in [-0.2, 0) is 0 Å². The monoisotopic (exact) mass is 253 g/mol. The lowest BCUT2D eigenvalue weighted by Crippen LogP contribution is -2.46. The van der Waals surface area contributed by atoms with Crippen LogP contribution < -0.4 is 5.32 Å². The highest BCUT2D eigenvalue weighted by atomic mass is 32.1. The number of nitrogens with one attached hydrogen (secondary N) is 1. The molecule has 1 aromatic rings. The lowest BCUT2D eigenvalue weighted by molar-refractivity contribution is 0.192. The molecule has 0 saturated carbocycles. The molecule has 0 amide bonds. The molecule has 1 N–H and O–H groups in total. The van der Waals surface area contributed by atoms with Crippen LogP contribution in [0.15, 0.2) is 5.51 Å². The molecule has 1 aliphatic rings. The van der Waals surface area contributed by atoms with Crippen molar-refractivity contribution in [3.8, 4) is 0 Å². The molecule has 3 nitrogen and oxygen atoms in total. The summed E-state index contributed by atoms with van der Waals surface area (Å²) in [6, 6.07) is 1.07. The Morgan fingerprint density at radius 3 is 3.12 bits per heavy atom. The van der Waals surface area contributed by atoms with Gasteiger partial charge in [0.25, 0.3) is 0 Å². The second-order valence-corrected chi connectivity index (χ2v) is 5.81. The first-order valence-corrected chi connectivity index (χ1v) is 7.47. The minimum Gasteiger partial charge on any atom is -0.305 e. The van der Waals surface area contributed by atoms with E-state index in [9.17, 15) is 0 Å². The van der Waals surface area contributed by atoms with Crippen LogP contribution >= 0.6 is 11.3 Å². The van der Waals surface area contributed by atoms with Crippen molar-refractivity contribution in [1.29, 1.82) is 0 Å². The van der Waals surface area contributed by atoms with Crippen molar-refractivity contribution < 1.29 is 0 Å². The zero-order valence-electron chi connectivity index (χ0n) is 11.1. The molecule has 0 bridgehead atoms. The van der Waals surface area contributed by atoms with Crippen LogP contribution in [0.25, 0.3) is 0 Å². The van der Waals surface area contributed by atoms with Gasteiger partial charge in [0.2, 0.25) is 0 Å². The number of likely N-dealkylation sites (tertiary alicyclic amines) is 1. The molecule has 1 aromatic heterocycles. The lowest BCUT2D eigenvalue weighted by Gasteiger charge is -2.34. The fourth-order valence-electron chi connectivity index (χ4n) is 2.63. The smallest absolute Gasteiger partial charge is 0.0798 e. The zero-order chi connectivity index (χ0) is 12.3. The molecule has 4 heteroatoms. The van der Waals surface area contributed by atoms with Crippen LogP contribution in [0, 0.1) is 6.92 Å². The topological polar surface area (TPSA) is 28.2 Å². The van der Waals surface area contributed by atoms with Crippen LogP contribution in [0.1, 0.15) is 43.3 Å². The molecule has 17 heavy (non-hydrogen) atoms. The van der Waals surface area contributed by atoms with Gasteiger partial charge in [0.05, 0.1) is 11.2 Å². The van der Waals surface area contributed by atoms with Crippen molar-refractivity contribution in [3.63, 3.8) is 0 Å². The number of nitrogens with zero attached hydrogens (tertiary/aromatic N) is 2. The molecule has 2 unspecified atom stereocenters. The van der Waals surface area contributed by atoms with Crippen LogP contribution in [-0.4, -0.2) is 35.6 Å². The van der Waals surface area contributed by atoms with Gasteiger partial charge in [0.1, 0.15) is 0 Å². The van der Waals surface area contributed by atoms with Crippen molar-refractivity contribution >= 4 is 11.3 Å². The SMILES string of the molecule is CCN1CCCC(NC(C)c2scnc2C)C1. The molecular weight excluding hydrogens is 230 g/mol. The van der Waals surface area contributed by atoms with E-state index in [2.05, 4.69) is 36.0 Å². The Balaban J connectivity index is 1.90. The number of rotatable bonds is 4. The summed E-state index contributed by atoms with van der Waals surface area (Å²) in [4.78, 5) is 8.25. The van der Waals surface area contributed by atoms with Gasteiger partial charge in [0.15, 0.2) is 0 Å². The van der Waals surface area contributed by atoms with Crippen LogP contribution in [0.3, 0.4) is 0 Å². The molecule has 1 saturated heterocycles. The maximum Gasteiger partial charge on any atom is 0.0798 e. The van der Waals surface area contributed by atoms with Gasteiger partial charge in [-0.2, -0.15) is 0 Å². The Hall–Kier alpha value is -0.450. The third-order valence-electron chi connectivity index (χ3n) is 3.61. The average molecular weight is 253 g/mol. The summed E-state index contributed by atoms with van der Waals surface area (Å²) in [6.07, 6.45) is 2.62. The molecular formula is C13H23N3S. The molecule has 1 fully saturated rings. The van der Waals surface area contributed by atoms with Gasteiger partial charge in [-0.25, -0.2) is 4.98 Å². The average Bonchev–Trinajstić information content (AvgIpc) is 2.76. The highest BCUT2D eigenvalue weighted by molar-refractivity contribution is 7.09. The third-order valence-corrected chi connectivity index (χ3v) is 4.73. The maximum atomic E-state index is 4.33. The normalized spacial score (nSPS) is 23.8. The van der Waals surface area contributed by atoms with E-state index in [1.54, 1.807) is 11.3 Å². The maximum absolute atomic E-state index is 4.33. The van der Waals surface area contributed by atoms with E-state index >= 15 is 0 Å². The van der Waals surface area contributed by atoms with Gasteiger partial charge < -0.3 is 10.2 Å². The van der Waals surface area contributed by atoms with E-state index in [1.807, 2.05) is 5.51 Å².